The third kappa shape index (κ3) is 2.60. The van der Waals surface area contributed by atoms with Crippen LogP contribution < -0.4 is 4.72 Å². The number of hydrogen-bond donors (Lipinski definition) is 1. The highest BCUT2D eigenvalue weighted by atomic mass is 35.5. The van der Waals surface area contributed by atoms with Gasteiger partial charge in [0.25, 0.3) is 0 Å². The predicted octanol–water partition coefficient (Wildman–Crippen LogP) is 2.42. The molecule has 1 N–H and O–H groups in total. The average molecular weight is 316 g/mol. The number of fused-ring (bicyclic) bond motifs is 1. The second-order valence-electron chi connectivity index (χ2n) is 5.50. The molecule has 0 saturated carbocycles. The Hall–Kier alpha value is -0.620. The van der Waals surface area contributed by atoms with E-state index in [0.29, 0.717) is 18.1 Å². The van der Waals surface area contributed by atoms with Gasteiger partial charge in [-0.2, -0.15) is 0 Å². The number of sulfonamides is 1. The highest BCUT2D eigenvalue weighted by Gasteiger charge is 2.38. The Kier molecular flexibility index (Phi) is 3.79. The van der Waals surface area contributed by atoms with Gasteiger partial charge in [0.05, 0.1) is 6.10 Å². The van der Waals surface area contributed by atoms with Crippen molar-refractivity contribution in [1.29, 1.82) is 0 Å². The van der Waals surface area contributed by atoms with E-state index < -0.39 is 15.3 Å². The number of ether oxygens (including phenoxy) is 1. The standard InChI is InChI=1S/C14H18ClNO3S/c1-9-14(6-7-19-9)20(17,18)16-13-5-2-10-8-11(15)3-4-12(10)13/h3-4,8-9,13-14,16H,2,5-7H2,1H3/t9-,13+,14-/m0/s1. The van der Waals surface area contributed by atoms with Crippen molar-refractivity contribution < 1.29 is 13.2 Å². The molecule has 0 spiro atoms. The molecular weight excluding hydrogens is 298 g/mol. The van der Waals surface area contributed by atoms with Gasteiger partial charge in [-0.3, -0.25) is 0 Å². The van der Waals surface area contributed by atoms with Gasteiger partial charge in [-0.05, 0) is 49.4 Å². The molecule has 1 aromatic carbocycles. The summed E-state index contributed by atoms with van der Waals surface area (Å²) in [6.07, 6.45) is 1.98. The van der Waals surface area contributed by atoms with Crippen molar-refractivity contribution in [2.75, 3.05) is 6.61 Å². The molecule has 0 bridgehead atoms. The van der Waals surface area contributed by atoms with E-state index in [1.807, 2.05) is 25.1 Å². The van der Waals surface area contributed by atoms with E-state index >= 15 is 0 Å². The lowest BCUT2D eigenvalue weighted by Gasteiger charge is -2.20. The summed E-state index contributed by atoms with van der Waals surface area (Å²) >= 11 is 5.97. The second kappa shape index (κ2) is 5.30. The van der Waals surface area contributed by atoms with Crippen LogP contribution in [0.3, 0.4) is 0 Å². The summed E-state index contributed by atoms with van der Waals surface area (Å²) in [5, 5.41) is 0.254. The Bertz CT molecular complexity index is 617. The molecule has 1 heterocycles. The first kappa shape index (κ1) is 14.3. The summed E-state index contributed by atoms with van der Waals surface area (Å²) in [4.78, 5) is 0. The number of hydrogen-bond acceptors (Lipinski definition) is 3. The fourth-order valence-corrected chi connectivity index (χ4v) is 5.11. The third-order valence-corrected chi connectivity index (χ3v) is 6.46. The van der Waals surface area contributed by atoms with Gasteiger partial charge in [0.2, 0.25) is 10.0 Å². The molecule has 0 radical (unpaired) electrons. The van der Waals surface area contributed by atoms with E-state index in [4.69, 9.17) is 16.3 Å². The fourth-order valence-electron chi connectivity index (χ4n) is 3.11. The molecule has 1 aromatic rings. The summed E-state index contributed by atoms with van der Waals surface area (Å²) in [6, 6.07) is 5.52. The van der Waals surface area contributed by atoms with E-state index in [-0.39, 0.29) is 12.1 Å². The van der Waals surface area contributed by atoms with Crippen LogP contribution in [0, 0.1) is 0 Å². The van der Waals surface area contributed by atoms with Crippen molar-refractivity contribution in [3.63, 3.8) is 0 Å². The Morgan fingerprint density at radius 3 is 2.85 bits per heavy atom. The molecule has 1 saturated heterocycles. The van der Waals surface area contributed by atoms with Crippen molar-refractivity contribution >= 4 is 21.6 Å². The van der Waals surface area contributed by atoms with Crippen LogP contribution in [0.2, 0.25) is 5.02 Å². The minimum atomic E-state index is -3.35. The zero-order chi connectivity index (χ0) is 14.3. The highest BCUT2D eigenvalue weighted by Crippen LogP contribution is 2.34. The Balaban J connectivity index is 1.80. The molecular formula is C14H18ClNO3S. The molecule has 110 valence electrons. The summed E-state index contributed by atoms with van der Waals surface area (Å²) in [7, 11) is -3.35. The van der Waals surface area contributed by atoms with Crippen LogP contribution in [0.25, 0.3) is 0 Å². The molecule has 1 fully saturated rings. The van der Waals surface area contributed by atoms with Crippen LogP contribution in [0.1, 0.15) is 36.9 Å². The molecule has 6 heteroatoms. The topological polar surface area (TPSA) is 55.4 Å². The van der Waals surface area contributed by atoms with Crippen molar-refractivity contribution in [3.8, 4) is 0 Å². The largest absolute Gasteiger partial charge is 0.377 e. The molecule has 0 aromatic heterocycles. The molecule has 3 rings (SSSR count). The summed E-state index contributed by atoms with van der Waals surface area (Å²) in [5.74, 6) is 0. The van der Waals surface area contributed by atoms with Gasteiger partial charge < -0.3 is 4.74 Å². The summed E-state index contributed by atoms with van der Waals surface area (Å²) in [6.45, 7) is 2.34. The second-order valence-corrected chi connectivity index (χ2v) is 7.87. The quantitative estimate of drug-likeness (QED) is 0.932. The maximum absolute atomic E-state index is 12.5. The van der Waals surface area contributed by atoms with Crippen LogP contribution in [-0.4, -0.2) is 26.4 Å². The van der Waals surface area contributed by atoms with Crippen molar-refractivity contribution in [1.82, 2.24) is 4.72 Å². The van der Waals surface area contributed by atoms with Gasteiger partial charge in [0.1, 0.15) is 5.25 Å². The number of nitrogens with one attached hydrogen (secondary N) is 1. The zero-order valence-corrected chi connectivity index (χ0v) is 12.9. The third-order valence-electron chi connectivity index (χ3n) is 4.19. The lowest BCUT2D eigenvalue weighted by molar-refractivity contribution is 0.126. The van der Waals surface area contributed by atoms with Crippen LogP contribution in [0.5, 0.6) is 0 Å². The van der Waals surface area contributed by atoms with E-state index in [0.717, 1.165) is 24.0 Å². The molecule has 1 aliphatic heterocycles. The van der Waals surface area contributed by atoms with E-state index in [2.05, 4.69) is 4.72 Å². The zero-order valence-electron chi connectivity index (χ0n) is 11.3. The van der Waals surface area contributed by atoms with Gasteiger partial charge in [-0.1, -0.05) is 17.7 Å². The number of benzene rings is 1. The molecule has 0 amide bonds. The normalized spacial score (nSPS) is 29.6. The maximum Gasteiger partial charge on any atom is 0.217 e. The van der Waals surface area contributed by atoms with Crippen molar-refractivity contribution in [3.05, 3.63) is 34.3 Å². The van der Waals surface area contributed by atoms with Crippen LogP contribution in [0.4, 0.5) is 0 Å². The minimum absolute atomic E-state index is 0.139. The van der Waals surface area contributed by atoms with Gasteiger partial charge in [-0.25, -0.2) is 13.1 Å². The highest BCUT2D eigenvalue weighted by molar-refractivity contribution is 7.90. The first-order valence-electron chi connectivity index (χ1n) is 6.88. The van der Waals surface area contributed by atoms with Gasteiger partial charge >= 0.3 is 0 Å². The molecule has 4 nitrogen and oxygen atoms in total. The minimum Gasteiger partial charge on any atom is -0.377 e. The van der Waals surface area contributed by atoms with Gasteiger partial charge in [0, 0.05) is 17.7 Å². The lowest BCUT2D eigenvalue weighted by Crippen LogP contribution is -2.39. The maximum atomic E-state index is 12.5. The Labute approximate surface area is 124 Å². The van der Waals surface area contributed by atoms with Gasteiger partial charge in [-0.15, -0.1) is 0 Å². The predicted molar refractivity (Wildman–Crippen MR) is 78.4 cm³/mol. The fraction of sp³-hybridized carbons (Fsp3) is 0.571. The molecule has 20 heavy (non-hydrogen) atoms. The number of aryl methyl sites for hydroxylation is 1. The first-order valence-corrected chi connectivity index (χ1v) is 8.81. The Morgan fingerprint density at radius 2 is 2.15 bits per heavy atom. The molecule has 2 aliphatic rings. The summed E-state index contributed by atoms with van der Waals surface area (Å²) in [5.41, 5.74) is 2.19. The Morgan fingerprint density at radius 1 is 1.35 bits per heavy atom. The average Bonchev–Trinajstić information content (AvgIpc) is 2.96. The van der Waals surface area contributed by atoms with Crippen molar-refractivity contribution in [2.45, 2.75) is 43.6 Å². The van der Waals surface area contributed by atoms with Crippen LogP contribution in [0.15, 0.2) is 18.2 Å². The number of rotatable bonds is 3. The molecule has 0 unspecified atom stereocenters. The monoisotopic (exact) mass is 315 g/mol. The van der Waals surface area contributed by atoms with E-state index in [9.17, 15) is 8.42 Å². The smallest absolute Gasteiger partial charge is 0.217 e. The molecule has 3 atom stereocenters. The van der Waals surface area contributed by atoms with E-state index in [1.54, 1.807) is 0 Å². The summed E-state index contributed by atoms with van der Waals surface area (Å²) < 4.78 is 33.1. The van der Waals surface area contributed by atoms with Gasteiger partial charge in [0.15, 0.2) is 0 Å². The van der Waals surface area contributed by atoms with Crippen LogP contribution >= 0.6 is 11.6 Å². The lowest BCUT2D eigenvalue weighted by atomic mass is 10.1. The van der Waals surface area contributed by atoms with E-state index in [1.165, 1.54) is 0 Å². The molecule has 1 aliphatic carbocycles. The van der Waals surface area contributed by atoms with Crippen molar-refractivity contribution in [2.24, 2.45) is 0 Å². The SMILES string of the molecule is C[C@@H]1OCC[C@@H]1S(=O)(=O)N[C@@H]1CCc2cc(Cl)ccc21. The number of halogens is 1. The first-order chi connectivity index (χ1) is 9.47. The van der Waals surface area contributed by atoms with Crippen LogP contribution in [-0.2, 0) is 21.2 Å².